The quantitative estimate of drug-likeness (QED) is 0.173. The SMILES string of the molecule is c1ccc(-c2nc3cc4oc5cc(-c6ccc(N(c7ccccc7)c7ccc(-c8cccc9c8oc8ccccc89)cc7)cc6)ccc5c4cc3o2)cc1. The Hall–Kier alpha value is -7.37. The maximum atomic E-state index is 6.40. The van der Waals surface area contributed by atoms with E-state index >= 15 is 0 Å². The molecule has 0 saturated carbocycles. The summed E-state index contributed by atoms with van der Waals surface area (Å²) in [4.78, 5) is 7.02. The second kappa shape index (κ2) is 12.1. The van der Waals surface area contributed by atoms with E-state index in [1.54, 1.807) is 0 Å². The van der Waals surface area contributed by atoms with Gasteiger partial charge in [-0.25, -0.2) is 4.98 Å². The van der Waals surface area contributed by atoms with Gasteiger partial charge in [0.05, 0.1) is 0 Å². The van der Waals surface area contributed by atoms with Crippen LogP contribution < -0.4 is 4.90 Å². The molecule has 5 nitrogen and oxygen atoms in total. The summed E-state index contributed by atoms with van der Waals surface area (Å²) in [6, 6.07) is 62.9. The number of nitrogens with zero attached hydrogens (tertiary/aromatic N) is 2. The number of hydrogen-bond acceptors (Lipinski definition) is 5. The molecule has 11 aromatic rings. The Morgan fingerprint density at radius 2 is 0.981 bits per heavy atom. The van der Waals surface area contributed by atoms with E-state index < -0.39 is 0 Å². The van der Waals surface area contributed by atoms with Crippen LogP contribution in [0.15, 0.2) is 195 Å². The molecule has 0 saturated heterocycles. The van der Waals surface area contributed by atoms with Crippen molar-refractivity contribution in [3.8, 4) is 33.7 Å². The number of hydrogen-bond donors (Lipinski definition) is 0. The van der Waals surface area contributed by atoms with Crippen LogP contribution in [-0.2, 0) is 0 Å². The number of para-hydroxylation sites is 3. The molecular weight excluding hydrogens is 665 g/mol. The molecule has 3 aromatic heterocycles. The minimum atomic E-state index is 0.605. The second-order valence-electron chi connectivity index (χ2n) is 13.6. The first kappa shape index (κ1) is 30.3. The van der Waals surface area contributed by atoms with Crippen LogP contribution in [0.25, 0.3) is 88.7 Å². The first-order valence-electron chi connectivity index (χ1n) is 18.0. The van der Waals surface area contributed by atoms with Gasteiger partial charge in [-0.1, -0.05) is 103 Å². The van der Waals surface area contributed by atoms with E-state index in [0.717, 1.165) is 99.9 Å². The highest BCUT2D eigenvalue weighted by Gasteiger charge is 2.17. The number of aromatic nitrogens is 1. The molecule has 0 spiro atoms. The number of furan rings is 2. The van der Waals surface area contributed by atoms with Crippen molar-refractivity contribution in [1.29, 1.82) is 0 Å². The van der Waals surface area contributed by atoms with E-state index in [4.69, 9.17) is 18.2 Å². The zero-order valence-electron chi connectivity index (χ0n) is 28.9. The minimum Gasteiger partial charge on any atom is -0.456 e. The molecule has 0 unspecified atom stereocenters. The number of benzene rings is 8. The van der Waals surface area contributed by atoms with Crippen LogP contribution in [0.2, 0.25) is 0 Å². The molecular formula is C49H30N2O3. The molecule has 11 rings (SSSR count). The van der Waals surface area contributed by atoms with Gasteiger partial charge in [0.1, 0.15) is 27.8 Å². The fourth-order valence-electron chi connectivity index (χ4n) is 7.67. The largest absolute Gasteiger partial charge is 0.456 e. The van der Waals surface area contributed by atoms with Gasteiger partial charge < -0.3 is 18.2 Å². The van der Waals surface area contributed by atoms with E-state index in [1.807, 2.05) is 60.7 Å². The van der Waals surface area contributed by atoms with Crippen molar-refractivity contribution >= 4 is 72.0 Å². The molecule has 0 radical (unpaired) electrons. The molecule has 0 fully saturated rings. The minimum absolute atomic E-state index is 0.605. The van der Waals surface area contributed by atoms with Crippen LogP contribution in [-0.4, -0.2) is 4.98 Å². The molecule has 254 valence electrons. The molecule has 0 aliphatic carbocycles. The predicted molar refractivity (Wildman–Crippen MR) is 220 cm³/mol. The van der Waals surface area contributed by atoms with Crippen LogP contribution in [0.1, 0.15) is 0 Å². The first-order chi connectivity index (χ1) is 26.7. The summed E-state index contributed by atoms with van der Waals surface area (Å²) in [5, 5.41) is 4.31. The lowest BCUT2D eigenvalue weighted by molar-refractivity contribution is 0.620. The summed E-state index contributed by atoms with van der Waals surface area (Å²) in [5.41, 5.74) is 13.5. The van der Waals surface area contributed by atoms with Crippen molar-refractivity contribution in [2.45, 2.75) is 0 Å². The zero-order chi connectivity index (χ0) is 35.6. The molecule has 0 amide bonds. The number of oxazole rings is 1. The predicted octanol–water partition coefficient (Wildman–Crippen LogP) is 14.1. The van der Waals surface area contributed by atoms with Gasteiger partial charge in [-0.3, -0.25) is 0 Å². The zero-order valence-corrected chi connectivity index (χ0v) is 28.9. The Balaban J connectivity index is 0.920. The Morgan fingerprint density at radius 1 is 0.352 bits per heavy atom. The Bertz CT molecular complexity index is 3140. The van der Waals surface area contributed by atoms with Crippen molar-refractivity contribution in [2.24, 2.45) is 0 Å². The van der Waals surface area contributed by atoms with E-state index in [9.17, 15) is 0 Å². The normalized spacial score (nSPS) is 11.7. The lowest BCUT2D eigenvalue weighted by Gasteiger charge is -2.26. The lowest BCUT2D eigenvalue weighted by atomic mass is 10.0. The van der Waals surface area contributed by atoms with Crippen molar-refractivity contribution in [1.82, 2.24) is 4.98 Å². The molecule has 0 atom stereocenters. The van der Waals surface area contributed by atoms with Crippen LogP contribution in [0.3, 0.4) is 0 Å². The van der Waals surface area contributed by atoms with Crippen LogP contribution in [0, 0.1) is 0 Å². The number of rotatable bonds is 6. The number of anilines is 3. The lowest BCUT2D eigenvalue weighted by Crippen LogP contribution is -2.09. The summed E-state index contributed by atoms with van der Waals surface area (Å²) in [6.07, 6.45) is 0. The third-order valence-electron chi connectivity index (χ3n) is 10.3. The van der Waals surface area contributed by atoms with Gasteiger partial charge in [0.2, 0.25) is 5.89 Å². The van der Waals surface area contributed by atoms with Gasteiger partial charge >= 0.3 is 0 Å². The van der Waals surface area contributed by atoms with Crippen LogP contribution in [0.4, 0.5) is 17.1 Å². The summed E-state index contributed by atoms with van der Waals surface area (Å²) < 4.78 is 18.9. The van der Waals surface area contributed by atoms with Crippen molar-refractivity contribution in [3.63, 3.8) is 0 Å². The van der Waals surface area contributed by atoms with Crippen molar-refractivity contribution in [3.05, 3.63) is 182 Å². The Kier molecular flexibility index (Phi) is 6.79. The van der Waals surface area contributed by atoms with E-state index in [-0.39, 0.29) is 0 Å². The molecule has 0 bridgehead atoms. The smallest absolute Gasteiger partial charge is 0.227 e. The monoisotopic (exact) mass is 694 g/mol. The fraction of sp³-hybridized carbons (Fsp3) is 0. The summed E-state index contributed by atoms with van der Waals surface area (Å²) in [7, 11) is 0. The van der Waals surface area contributed by atoms with Crippen LogP contribution in [0.5, 0.6) is 0 Å². The van der Waals surface area contributed by atoms with Gasteiger partial charge in [0, 0.05) is 55.8 Å². The summed E-state index contributed by atoms with van der Waals surface area (Å²) in [5.74, 6) is 0.605. The average molecular weight is 695 g/mol. The molecule has 8 aromatic carbocycles. The van der Waals surface area contributed by atoms with Gasteiger partial charge in [-0.15, -0.1) is 0 Å². The highest BCUT2D eigenvalue weighted by Crippen LogP contribution is 2.40. The molecule has 0 aliphatic heterocycles. The molecule has 54 heavy (non-hydrogen) atoms. The summed E-state index contributed by atoms with van der Waals surface area (Å²) in [6.45, 7) is 0. The van der Waals surface area contributed by atoms with Gasteiger partial charge in [-0.05, 0) is 89.5 Å². The molecule has 0 N–H and O–H groups in total. The first-order valence-corrected chi connectivity index (χ1v) is 18.0. The van der Waals surface area contributed by atoms with Crippen molar-refractivity contribution in [2.75, 3.05) is 4.90 Å². The van der Waals surface area contributed by atoms with E-state index in [1.165, 1.54) is 0 Å². The van der Waals surface area contributed by atoms with Gasteiger partial charge in [-0.2, -0.15) is 0 Å². The molecule has 0 aliphatic rings. The van der Waals surface area contributed by atoms with Gasteiger partial charge in [0.25, 0.3) is 0 Å². The van der Waals surface area contributed by atoms with E-state index in [2.05, 4.69) is 126 Å². The van der Waals surface area contributed by atoms with Gasteiger partial charge in [0.15, 0.2) is 5.58 Å². The number of fused-ring (bicyclic) bond motifs is 7. The third kappa shape index (κ3) is 4.98. The Morgan fingerprint density at radius 3 is 1.78 bits per heavy atom. The average Bonchev–Trinajstić information content (AvgIpc) is 3.94. The second-order valence-corrected chi connectivity index (χ2v) is 13.6. The molecule has 5 heteroatoms. The highest BCUT2D eigenvalue weighted by molar-refractivity contribution is 6.10. The topological polar surface area (TPSA) is 55.6 Å². The maximum absolute atomic E-state index is 6.40. The fourth-order valence-corrected chi connectivity index (χ4v) is 7.67. The van der Waals surface area contributed by atoms with Crippen LogP contribution >= 0.6 is 0 Å². The molecule has 3 heterocycles. The highest BCUT2D eigenvalue weighted by atomic mass is 16.4. The maximum Gasteiger partial charge on any atom is 0.227 e. The Labute approximate surface area is 309 Å². The third-order valence-corrected chi connectivity index (χ3v) is 10.3. The van der Waals surface area contributed by atoms with E-state index in [0.29, 0.717) is 5.89 Å². The standard InChI is InChI=1S/C49H30N2O3/c1-3-10-33(11-4-1)49-50-43-30-46-42(29-47(43)54-49)40-27-22-34(28-45(40)52-46)31-18-23-36(24-19-31)51(35-12-5-2-6-13-35)37-25-20-32(21-26-37)38-15-9-16-41-39-14-7-8-17-44(39)53-48(38)41/h1-30H. The van der Waals surface area contributed by atoms with Crippen molar-refractivity contribution < 1.29 is 13.3 Å². The summed E-state index contributed by atoms with van der Waals surface area (Å²) >= 11 is 0.